The van der Waals surface area contributed by atoms with Crippen LogP contribution in [-0.4, -0.2) is 30.9 Å². The molecule has 1 rings (SSSR count). The lowest BCUT2D eigenvalue weighted by Crippen LogP contribution is -2.49. The summed E-state index contributed by atoms with van der Waals surface area (Å²) in [5.74, 6) is -0.230. The highest BCUT2D eigenvalue weighted by molar-refractivity contribution is 5.88. The van der Waals surface area contributed by atoms with Gasteiger partial charge in [-0.1, -0.05) is 77.3 Å². The van der Waals surface area contributed by atoms with Crippen LogP contribution in [0.3, 0.4) is 0 Å². The van der Waals surface area contributed by atoms with Gasteiger partial charge in [-0.25, -0.2) is 0 Å². The summed E-state index contributed by atoms with van der Waals surface area (Å²) >= 11 is 0. The molecule has 32 heavy (non-hydrogen) atoms. The van der Waals surface area contributed by atoms with E-state index in [9.17, 15) is 9.59 Å². The van der Waals surface area contributed by atoms with Gasteiger partial charge >= 0.3 is 0 Å². The summed E-state index contributed by atoms with van der Waals surface area (Å²) < 4.78 is 0. The lowest BCUT2D eigenvalue weighted by molar-refractivity contribution is -0.128. The van der Waals surface area contributed by atoms with Crippen LogP contribution in [0.2, 0.25) is 0 Å². The molecule has 1 aromatic carbocycles. The van der Waals surface area contributed by atoms with E-state index in [1.807, 2.05) is 6.92 Å². The number of amides is 2. The van der Waals surface area contributed by atoms with Crippen LogP contribution in [0.1, 0.15) is 90.2 Å². The summed E-state index contributed by atoms with van der Waals surface area (Å²) in [6, 6.07) is 8.16. The Bertz CT molecular complexity index is 700. The summed E-state index contributed by atoms with van der Waals surface area (Å²) in [6.45, 7) is 9.20. The van der Waals surface area contributed by atoms with E-state index in [-0.39, 0.29) is 18.4 Å². The van der Waals surface area contributed by atoms with E-state index >= 15 is 0 Å². The lowest BCUT2D eigenvalue weighted by Gasteiger charge is -2.19. The molecule has 0 radical (unpaired) electrons. The Morgan fingerprint density at radius 2 is 1.59 bits per heavy atom. The Balaban J connectivity index is 2.46. The van der Waals surface area contributed by atoms with Gasteiger partial charge in [0.1, 0.15) is 6.04 Å². The van der Waals surface area contributed by atoms with Crippen molar-refractivity contribution in [2.75, 3.05) is 13.1 Å². The van der Waals surface area contributed by atoms with Crippen LogP contribution in [0, 0.1) is 0 Å². The third-order valence-electron chi connectivity index (χ3n) is 5.63. The van der Waals surface area contributed by atoms with E-state index in [4.69, 9.17) is 0 Å². The van der Waals surface area contributed by atoms with Gasteiger partial charge in [-0.05, 0) is 56.1 Å². The smallest absolute Gasteiger partial charge is 0.242 e. The summed E-state index contributed by atoms with van der Waals surface area (Å²) in [6.07, 6.45) is 12.1. The standard InChI is InChI=1S/C27H45N3O2/c1-5-9-10-16-22-17-11-12-18-23(22)19-13-20-28-27(32)25(15-7-3)30-26(31)21-29-24(8-4)14-6-2/h11-12,14,17-18,25,29H,5-10,13,15-16,19-21H2,1-4H3,(H,28,32)(H,30,31)/b24-14+. The predicted octanol–water partition coefficient (Wildman–Crippen LogP) is 5.05. The van der Waals surface area contributed by atoms with Crippen molar-refractivity contribution in [1.29, 1.82) is 0 Å². The Labute approximate surface area is 195 Å². The van der Waals surface area contributed by atoms with Crippen molar-refractivity contribution in [2.45, 2.75) is 97.9 Å². The summed E-state index contributed by atoms with van der Waals surface area (Å²) in [4.78, 5) is 25.0. The molecule has 0 saturated carbocycles. The average molecular weight is 444 g/mol. The highest BCUT2D eigenvalue weighted by Crippen LogP contribution is 2.14. The monoisotopic (exact) mass is 443 g/mol. The fraction of sp³-hybridized carbons (Fsp3) is 0.630. The molecule has 1 unspecified atom stereocenters. The molecule has 2 amide bonds. The van der Waals surface area contributed by atoms with E-state index in [0.29, 0.717) is 13.0 Å². The molecular weight excluding hydrogens is 398 g/mol. The predicted molar refractivity (Wildman–Crippen MR) is 135 cm³/mol. The molecule has 0 aliphatic rings. The van der Waals surface area contributed by atoms with Crippen molar-refractivity contribution < 1.29 is 9.59 Å². The molecule has 3 N–H and O–H groups in total. The Hall–Kier alpha value is -2.30. The maximum atomic E-state index is 12.7. The number of hydrogen-bond acceptors (Lipinski definition) is 3. The number of carbonyl (C=O) groups is 2. The van der Waals surface area contributed by atoms with E-state index in [1.165, 1.54) is 30.4 Å². The Morgan fingerprint density at radius 1 is 0.906 bits per heavy atom. The van der Waals surface area contributed by atoms with Crippen LogP contribution in [0.5, 0.6) is 0 Å². The zero-order valence-corrected chi connectivity index (χ0v) is 20.8. The van der Waals surface area contributed by atoms with Gasteiger partial charge in [-0.2, -0.15) is 0 Å². The Morgan fingerprint density at radius 3 is 2.19 bits per heavy atom. The van der Waals surface area contributed by atoms with Crippen LogP contribution in [-0.2, 0) is 22.4 Å². The van der Waals surface area contributed by atoms with Crippen LogP contribution >= 0.6 is 0 Å². The second-order valence-electron chi connectivity index (χ2n) is 8.37. The minimum Gasteiger partial charge on any atom is -0.380 e. The number of carbonyl (C=O) groups excluding carboxylic acids is 2. The summed E-state index contributed by atoms with van der Waals surface area (Å²) in [7, 11) is 0. The van der Waals surface area contributed by atoms with Crippen molar-refractivity contribution in [3.05, 3.63) is 47.2 Å². The zero-order chi connectivity index (χ0) is 23.6. The molecular formula is C27H45N3O2. The van der Waals surface area contributed by atoms with E-state index < -0.39 is 6.04 Å². The van der Waals surface area contributed by atoms with Crippen molar-refractivity contribution >= 4 is 11.8 Å². The fourth-order valence-corrected chi connectivity index (χ4v) is 3.81. The normalized spacial score (nSPS) is 12.3. The average Bonchev–Trinajstić information content (AvgIpc) is 2.80. The van der Waals surface area contributed by atoms with Crippen molar-refractivity contribution in [2.24, 2.45) is 0 Å². The van der Waals surface area contributed by atoms with Gasteiger partial charge in [0.25, 0.3) is 0 Å². The molecule has 1 atom stereocenters. The highest BCUT2D eigenvalue weighted by Gasteiger charge is 2.19. The van der Waals surface area contributed by atoms with Crippen LogP contribution in [0.4, 0.5) is 0 Å². The Kier molecular flexibility index (Phi) is 15.0. The molecule has 0 fully saturated rings. The second kappa shape index (κ2) is 17.3. The number of nitrogens with one attached hydrogen (secondary N) is 3. The third kappa shape index (κ3) is 11.4. The van der Waals surface area contributed by atoms with Gasteiger partial charge in [0.05, 0.1) is 6.54 Å². The molecule has 0 bridgehead atoms. The highest BCUT2D eigenvalue weighted by atomic mass is 16.2. The van der Waals surface area contributed by atoms with Gasteiger partial charge < -0.3 is 16.0 Å². The zero-order valence-electron chi connectivity index (χ0n) is 20.8. The summed E-state index contributed by atoms with van der Waals surface area (Å²) in [5.41, 5.74) is 3.88. The molecule has 5 nitrogen and oxygen atoms in total. The maximum Gasteiger partial charge on any atom is 0.242 e. The lowest BCUT2D eigenvalue weighted by atomic mass is 9.98. The number of rotatable bonds is 17. The first-order chi connectivity index (χ1) is 15.5. The van der Waals surface area contributed by atoms with Gasteiger partial charge in [0, 0.05) is 12.2 Å². The van der Waals surface area contributed by atoms with Gasteiger partial charge in [-0.15, -0.1) is 0 Å². The topological polar surface area (TPSA) is 70.2 Å². The number of unbranched alkanes of at least 4 members (excludes halogenated alkanes) is 2. The molecule has 0 saturated heterocycles. The minimum atomic E-state index is -0.476. The largest absolute Gasteiger partial charge is 0.380 e. The van der Waals surface area contributed by atoms with Crippen molar-refractivity contribution in [1.82, 2.24) is 16.0 Å². The quantitative estimate of drug-likeness (QED) is 0.295. The van der Waals surface area contributed by atoms with E-state index in [1.54, 1.807) is 0 Å². The second-order valence-corrected chi connectivity index (χ2v) is 8.37. The molecule has 0 aliphatic heterocycles. The number of aryl methyl sites for hydroxylation is 2. The maximum absolute atomic E-state index is 12.7. The molecule has 1 aromatic rings. The number of benzene rings is 1. The molecule has 0 aromatic heterocycles. The van der Waals surface area contributed by atoms with Gasteiger partial charge in [-0.3, -0.25) is 9.59 Å². The molecule has 0 heterocycles. The molecule has 0 spiro atoms. The first-order valence-electron chi connectivity index (χ1n) is 12.6. The van der Waals surface area contributed by atoms with Gasteiger partial charge in [0.2, 0.25) is 11.8 Å². The van der Waals surface area contributed by atoms with Gasteiger partial charge in [0.15, 0.2) is 0 Å². The van der Waals surface area contributed by atoms with Crippen molar-refractivity contribution in [3.63, 3.8) is 0 Å². The number of allylic oxidation sites excluding steroid dienone is 2. The first-order valence-corrected chi connectivity index (χ1v) is 12.6. The van der Waals surface area contributed by atoms with Crippen LogP contribution in [0.25, 0.3) is 0 Å². The molecule has 180 valence electrons. The third-order valence-corrected chi connectivity index (χ3v) is 5.63. The first kappa shape index (κ1) is 27.7. The molecule has 5 heteroatoms. The fourth-order valence-electron chi connectivity index (χ4n) is 3.81. The molecule has 0 aliphatic carbocycles. The van der Waals surface area contributed by atoms with E-state index in [2.05, 4.69) is 67.1 Å². The van der Waals surface area contributed by atoms with Crippen molar-refractivity contribution in [3.8, 4) is 0 Å². The number of hydrogen-bond donors (Lipinski definition) is 3. The van der Waals surface area contributed by atoms with Crippen LogP contribution in [0.15, 0.2) is 36.0 Å². The minimum absolute atomic E-state index is 0.0868. The van der Waals surface area contributed by atoms with Crippen LogP contribution < -0.4 is 16.0 Å². The van der Waals surface area contributed by atoms with E-state index in [0.717, 1.165) is 44.2 Å². The SMILES string of the molecule is CC/C=C(\CC)NCC(=O)NC(CCC)C(=O)NCCCc1ccccc1CCCCC. The summed E-state index contributed by atoms with van der Waals surface area (Å²) in [5, 5.41) is 9.09.